The summed E-state index contributed by atoms with van der Waals surface area (Å²) >= 11 is 0. The zero-order valence-corrected chi connectivity index (χ0v) is 15.7. The molecule has 0 spiro atoms. The number of aromatic nitrogens is 1. The minimum Gasteiger partial charge on any atom is -0.452 e. The predicted molar refractivity (Wildman–Crippen MR) is 101 cm³/mol. The van der Waals surface area contributed by atoms with Gasteiger partial charge in [0.25, 0.3) is 11.8 Å². The molecule has 1 aromatic carbocycles. The van der Waals surface area contributed by atoms with Crippen molar-refractivity contribution in [1.82, 2.24) is 9.88 Å². The van der Waals surface area contributed by atoms with Crippen molar-refractivity contribution < 1.29 is 19.1 Å². The van der Waals surface area contributed by atoms with Crippen molar-refractivity contribution >= 4 is 23.5 Å². The first-order valence-corrected chi connectivity index (χ1v) is 8.88. The molecule has 0 unspecified atom stereocenters. The molecular formula is C20H23N3O4. The Morgan fingerprint density at radius 3 is 2.59 bits per heavy atom. The maximum Gasteiger partial charge on any atom is 0.340 e. The van der Waals surface area contributed by atoms with Crippen molar-refractivity contribution in [3.05, 3.63) is 52.8 Å². The lowest BCUT2D eigenvalue weighted by atomic mass is 10.2. The molecule has 1 fully saturated rings. The van der Waals surface area contributed by atoms with Crippen LogP contribution in [-0.2, 0) is 9.53 Å². The Hall–Kier alpha value is -3.09. The van der Waals surface area contributed by atoms with Crippen LogP contribution in [0.3, 0.4) is 0 Å². The Bertz CT molecular complexity index is 897. The Labute approximate surface area is 157 Å². The van der Waals surface area contributed by atoms with Gasteiger partial charge in [0, 0.05) is 35.7 Å². The van der Waals surface area contributed by atoms with Gasteiger partial charge in [0.2, 0.25) is 0 Å². The number of rotatable bonds is 6. The molecule has 1 heterocycles. The van der Waals surface area contributed by atoms with Crippen LogP contribution in [0.25, 0.3) is 0 Å². The lowest BCUT2D eigenvalue weighted by Crippen LogP contribution is -2.22. The monoisotopic (exact) mass is 369 g/mol. The van der Waals surface area contributed by atoms with Crippen molar-refractivity contribution in [2.24, 2.45) is 0 Å². The normalized spacial score (nSPS) is 13.1. The highest BCUT2D eigenvalue weighted by Crippen LogP contribution is 2.38. The van der Waals surface area contributed by atoms with E-state index < -0.39 is 18.5 Å². The highest BCUT2D eigenvalue weighted by Gasteiger charge is 2.28. The molecule has 0 saturated heterocycles. The molecule has 1 aliphatic carbocycles. The van der Waals surface area contributed by atoms with Gasteiger partial charge in [0.05, 0.1) is 5.56 Å². The topological polar surface area (TPSA) is 89.4 Å². The number of anilines is 1. The van der Waals surface area contributed by atoms with Crippen molar-refractivity contribution in [1.29, 1.82) is 0 Å². The van der Waals surface area contributed by atoms with E-state index in [4.69, 9.17) is 4.74 Å². The zero-order valence-electron chi connectivity index (χ0n) is 15.7. The smallest absolute Gasteiger partial charge is 0.340 e. The third kappa shape index (κ3) is 4.19. The summed E-state index contributed by atoms with van der Waals surface area (Å²) in [6.07, 6.45) is 2.25. The Morgan fingerprint density at radius 1 is 1.19 bits per heavy atom. The average Bonchev–Trinajstić information content (AvgIpc) is 3.44. The number of ether oxygens (including phenoxy) is 1. The number of nitrogens with zero attached hydrogens (tertiary/aromatic N) is 1. The van der Waals surface area contributed by atoms with E-state index in [1.807, 2.05) is 13.8 Å². The van der Waals surface area contributed by atoms with Crippen LogP contribution in [0, 0.1) is 13.8 Å². The van der Waals surface area contributed by atoms with Gasteiger partial charge in [-0.05, 0) is 51.0 Å². The minimum atomic E-state index is -0.510. The molecular weight excluding hydrogens is 346 g/mol. The molecule has 27 heavy (non-hydrogen) atoms. The predicted octanol–water partition coefficient (Wildman–Crippen LogP) is 2.59. The summed E-state index contributed by atoms with van der Waals surface area (Å²) in [5.74, 6) is -1.22. The van der Waals surface area contributed by atoms with Crippen LogP contribution in [0.4, 0.5) is 5.69 Å². The van der Waals surface area contributed by atoms with E-state index >= 15 is 0 Å². The number of carbonyl (C=O) groups excluding carboxylic acids is 3. The van der Waals surface area contributed by atoms with Gasteiger partial charge in [-0.2, -0.15) is 0 Å². The Morgan fingerprint density at radius 2 is 1.93 bits per heavy atom. The Balaban J connectivity index is 1.59. The molecule has 0 aliphatic heterocycles. The zero-order chi connectivity index (χ0) is 19.6. The summed E-state index contributed by atoms with van der Waals surface area (Å²) in [5.41, 5.74) is 3.29. The number of aryl methyl sites for hydroxylation is 1. The van der Waals surface area contributed by atoms with Crippen molar-refractivity contribution in [3.8, 4) is 0 Å². The molecule has 0 radical (unpaired) electrons. The lowest BCUT2D eigenvalue weighted by Gasteiger charge is -2.09. The second kappa shape index (κ2) is 7.65. The molecule has 142 valence electrons. The number of hydrogen-bond acceptors (Lipinski definition) is 4. The second-order valence-electron chi connectivity index (χ2n) is 6.67. The molecule has 2 amide bonds. The summed E-state index contributed by atoms with van der Waals surface area (Å²) in [6.45, 7) is 3.47. The molecule has 0 bridgehead atoms. The van der Waals surface area contributed by atoms with Gasteiger partial charge in [-0.3, -0.25) is 9.59 Å². The van der Waals surface area contributed by atoms with Crippen molar-refractivity contribution in [3.63, 3.8) is 0 Å². The van der Waals surface area contributed by atoms with Gasteiger partial charge in [-0.1, -0.05) is 6.07 Å². The summed E-state index contributed by atoms with van der Waals surface area (Å²) in [6, 6.07) is 8.81. The summed E-state index contributed by atoms with van der Waals surface area (Å²) in [5, 5.41) is 5.15. The summed E-state index contributed by atoms with van der Waals surface area (Å²) < 4.78 is 7.32. The Kier molecular flexibility index (Phi) is 5.30. The SMILES string of the molecule is CNC(=O)c1cccc(NC(=O)COC(=O)c2cc(C)n(C3CC3)c2C)c1. The van der Waals surface area contributed by atoms with Gasteiger partial charge < -0.3 is 19.9 Å². The number of nitrogens with one attached hydrogen (secondary N) is 2. The van der Waals surface area contributed by atoms with Crippen LogP contribution in [0.5, 0.6) is 0 Å². The fraction of sp³-hybridized carbons (Fsp3) is 0.350. The molecule has 1 aromatic heterocycles. The summed E-state index contributed by atoms with van der Waals surface area (Å²) in [4.78, 5) is 36.1. The van der Waals surface area contributed by atoms with Crippen molar-refractivity contribution in [2.45, 2.75) is 32.7 Å². The van der Waals surface area contributed by atoms with Gasteiger partial charge in [0.15, 0.2) is 6.61 Å². The molecule has 2 aromatic rings. The second-order valence-corrected chi connectivity index (χ2v) is 6.67. The molecule has 7 heteroatoms. The molecule has 0 atom stereocenters. The standard InChI is InChI=1S/C20H23N3O4/c1-12-9-17(13(2)23(12)16-7-8-16)20(26)27-11-18(24)22-15-6-4-5-14(10-15)19(25)21-3/h4-6,9-10,16H,7-8,11H2,1-3H3,(H,21,25)(H,22,24). The van der Waals surface area contributed by atoms with Crippen LogP contribution < -0.4 is 10.6 Å². The van der Waals surface area contributed by atoms with Crippen molar-refractivity contribution in [2.75, 3.05) is 19.0 Å². The number of benzene rings is 1. The van der Waals surface area contributed by atoms with Crippen LogP contribution in [0.2, 0.25) is 0 Å². The first kappa shape index (κ1) is 18.7. The van der Waals surface area contributed by atoms with Crippen LogP contribution in [-0.4, -0.2) is 36.0 Å². The number of carbonyl (C=O) groups is 3. The third-order valence-corrected chi connectivity index (χ3v) is 4.59. The first-order valence-electron chi connectivity index (χ1n) is 8.88. The van der Waals surface area contributed by atoms with Gasteiger partial charge in [0.1, 0.15) is 0 Å². The van der Waals surface area contributed by atoms with Crippen LogP contribution >= 0.6 is 0 Å². The van der Waals surface area contributed by atoms with Crippen LogP contribution in [0.1, 0.15) is 51.0 Å². The third-order valence-electron chi connectivity index (χ3n) is 4.59. The lowest BCUT2D eigenvalue weighted by molar-refractivity contribution is -0.119. The summed E-state index contributed by atoms with van der Waals surface area (Å²) in [7, 11) is 1.53. The molecule has 7 nitrogen and oxygen atoms in total. The van der Waals surface area contributed by atoms with Gasteiger partial charge in [-0.15, -0.1) is 0 Å². The first-order chi connectivity index (χ1) is 12.9. The fourth-order valence-electron chi connectivity index (χ4n) is 3.17. The molecule has 2 N–H and O–H groups in total. The fourth-order valence-corrected chi connectivity index (χ4v) is 3.17. The van der Waals surface area contributed by atoms with E-state index in [1.54, 1.807) is 30.3 Å². The van der Waals surface area contributed by atoms with Gasteiger partial charge >= 0.3 is 5.97 Å². The van der Waals surface area contributed by atoms with E-state index in [2.05, 4.69) is 15.2 Å². The largest absolute Gasteiger partial charge is 0.452 e. The highest BCUT2D eigenvalue weighted by atomic mass is 16.5. The number of esters is 1. The number of hydrogen-bond donors (Lipinski definition) is 2. The van der Waals surface area contributed by atoms with E-state index in [1.165, 1.54) is 7.05 Å². The molecule has 1 saturated carbocycles. The highest BCUT2D eigenvalue weighted by molar-refractivity contribution is 5.98. The maximum absolute atomic E-state index is 12.3. The van der Waals surface area contributed by atoms with E-state index in [-0.39, 0.29) is 5.91 Å². The number of amides is 2. The van der Waals surface area contributed by atoms with E-state index in [9.17, 15) is 14.4 Å². The molecule has 1 aliphatic rings. The minimum absolute atomic E-state index is 0.247. The van der Waals surface area contributed by atoms with Crippen LogP contribution in [0.15, 0.2) is 30.3 Å². The quantitative estimate of drug-likeness (QED) is 0.766. The molecule has 3 rings (SSSR count). The van der Waals surface area contributed by atoms with E-state index in [0.717, 1.165) is 24.2 Å². The maximum atomic E-state index is 12.3. The average molecular weight is 369 g/mol. The van der Waals surface area contributed by atoms with E-state index in [0.29, 0.717) is 22.9 Å². The van der Waals surface area contributed by atoms with Gasteiger partial charge in [-0.25, -0.2) is 4.79 Å².